The van der Waals surface area contributed by atoms with E-state index in [9.17, 15) is 0 Å². The molecule has 28 heavy (non-hydrogen) atoms. The third kappa shape index (κ3) is 3.17. The maximum atomic E-state index is 5.69. The van der Waals surface area contributed by atoms with Crippen LogP contribution in [0, 0.1) is 3.57 Å². The van der Waals surface area contributed by atoms with Gasteiger partial charge in [-0.05, 0) is 58.5 Å². The second kappa shape index (κ2) is 7.70. The number of hydrogen-bond donors (Lipinski definition) is 1. The first-order valence-electron chi connectivity index (χ1n) is 8.59. The van der Waals surface area contributed by atoms with Crippen molar-refractivity contribution < 1.29 is 14.2 Å². The van der Waals surface area contributed by atoms with E-state index in [2.05, 4.69) is 68.3 Å². The zero-order chi connectivity index (χ0) is 19.7. The van der Waals surface area contributed by atoms with Crippen LogP contribution in [-0.4, -0.2) is 36.1 Å². The molecule has 0 amide bonds. The number of fused-ring (bicyclic) bond motifs is 1. The van der Waals surface area contributed by atoms with Crippen molar-refractivity contribution >= 4 is 34.2 Å². The van der Waals surface area contributed by atoms with Gasteiger partial charge in [-0.1, -0.05) is 12.1 Å². The minimum absolute atomic E-state index is 0.220. The number of rotatable bonds is 5. The summed E-state index contributed by atoms with van der Waals surface area (Å²) >= 11 is 2.30. The summed E-state index contributed by atoms with van der Waals surface area (Å²) in [6.45, 7) is 0. The lowest BCUT2D eigenvalue weighted by Crippen LogP contribution is -2.21. The molecule has 8 heteroatoms. The van der Waals surface area contributed by atoms with Crippen molar-refractivity contribution in [1.82, 2.24) is 14.8 Å². The molecule has 4 rings (SSSR count). The van der Waals surface area contributed by atoms with Crippen molar-refractivity contribution in [2.24, 2.45) is 0 Å². The van der Waals surface area contributed by atoms with E-state index in [0.29, 0.717) is 23.2 Å². The number of nitrogens with one attached hydrogen (secondary N) is 1. The van der Waals surface area contributed by atoms with E-state index in [1.165, 1.54) is 9.90 Å². The van der Waals surface area contributed by atoms with E-state index in [-0.39, 0.29) is 6.04 Å². The Kier molecular flexibility index (Phi) is 5.12. The highest BCUT2D eigenvalue weighted by molar-refractivity contribution is 14.1. The van der Waals surface area contributed by atoms with Crippen LogP contribution >= 0.6 is 22.6 Å². The number of benzene rings is 2. The molecular formula is C20H19IN4O3. The van der Waals surface area contributed by atoms with Crippen LogP contribution in [0.4, 0.5) is 5.95 Å². The topological polar surface area (TPSA) is 70.4 Å². The van der Waals surface area contributed by atoms with E-state index in [4.69, 9.17) is 14.2 Å². The molecule has 1 aliphatic heterocycles. The summed E-state index contributed by atoms with van der Waals surface area (Å²) in [4.78, 5) is 4.36. The molecule has 0 spiro atoms. The van der Waals surface area contributed by atoms with Crippen molar-refractivity contribution in [2.75, 3.05) is 26.6 Å². The number of aromatic nitrogens is 3. The van der Waals surface area contributed by atoms with Crippen molar-refractivity contribution in [3.05, 3.63) is 63.5 Å². The van der Waals surface area contributed by atoms with Gasteiger partial charge in [0.05, 0.1) is 21.3 Å². The molecule has 2 heterocycles. The molecule has 3 aromatic rings. The van der Waals surface area contributed by atoms with Crippen molar-refractivity contribution in [1.29, 1.82) is 0 Å². The Bertz CT molecular complexity index is 1030. The number of methoxy groups -OCH3 is 3. The zero-order valence-electron chi connectivity index (χ0n) is 15.6. The molecule has 0 saturated heterocycles. The van der Waals surface area contributed by atoms with Gasteiger partial charge in [-0.3, -0.25) is 0 Å². The van der Waals surface area contributed by atoms with E-state index in [1.54, 1.807) is 21.3 Å². The van der Waals surface area contributed by atoms with E-state index >= 15 is 0 Å². The Labute approximate surface area is 176 Å². The van der Waals surface area contributed by atoms with E-state index in [1.807, 2.05) is 16.8 Å². The van der Waals surface area contributed by atoms with Crippen LogP contribution in [0.2, 0.25) is 0 Å². The zero-order valence-corrected chi connectivity index (χ0v) is 17.8. The first-order valence-corrected chi connectivity index (χ1v) is 9.67. The number of allylic oxidation sites excluding steroid dienone is 1. The highest BCUT2D eigenvalue weighted by Crippen LogP contribution is 2.45. The van der Waals surface area contributed by atoms with Crippen molar-refractivity contribution in [3.63, 3.8) is 0 Å². The van der Waals surface area contributed by atoms with Crippen LogP contribution in [0.3, 0.4) is 0 Å². The molecule has 2 aromatic carbocycles. The van der Waals surface area contributed by atoms with Crippen LogP contribution in [0.1, 0.15) is 17.2 Å². The summed E-state index contributed by atoms with van der Waals surface area (Å²) in [5.41, 5.74) is 2.93. The SMILES string of the molecule is COc1ccc([C@@H]2C=C(c3ccc(I)cc3)Nc3ncnn32)c(OC)c1OC. The molecule has 1 aromatic heterocycles. The van der Waals surface area contributed by atoms with Gasteiger partial charge in [-0.15, -0.1) is 0 Å². The standard InChI is InChI=1S/C20H19IN4O3/c1-26-17-9-8-14(18(27-2)19(17)28-3)16-10-15(12-4-6-13(21)7-5-12)24-20-22-11-23-25(16)20/h4-11,16H,1-3H3,(H,22,23,24)/t16-/m0/s1. The Morgan fingerprint density at radius 1 is 0.964 bits per heavy atom. The summed E-state index contributed by atoms with van der Waals surface area (Å²) in [6.07, 6.45) is 3.64. The van der Waals surface area contributed by atoms with Crippen molar-refractivity contribution in [2.45, 2.75) is 6.04 Å². The van der Waals surface area contributed by atoms with Crippen LogP contribution in [0.5, 0.6) is 17.2 Å². The molecule has 0 radical (unpaired) electrons. The fourth-order valence-electron chi connectivity index (χ4n) is 3.31. The fraction of sp³-hybridized carbons (Fsp3) is 0.200. The summed E-state index contributed by atoms with van der Waals surface area (Å²) < 4.78 is 19.7. The molecule has 1 atom stereocenters. The third-order valence-electron chi connectivity index (χ3n) is 4.62. The van der Waals surface area contributed by atoms with Gasteiger partial charge in [0, 0.05) is 14.8 Å². The second-order valence-electron chi connectivity index (χ2n) is 6.11. The van der Waals surface area contributed by atoms with E-state index in [0.717, 1.165) is 16.8 Å². The maximum absolute atomic E-state index is 5.69. The molecule has 0 aliphatic carbocycles. The summed E-state index contributed by atoms with van der Waals surface area (Å²) in [6, 6.07) is 11.9. The molecule has 0 fully saturated rings. The average Bonchev–Trinajstić information content (AvgIpc) is 3.21. The fourth-order valence-corrected chi connectivity index (χ4v) is 3.67. The van der Waals surface area contributed by atoms with Gasteiger partial charge >= 0.3 is 0 Å². The lowest BCUT2D eigenvalue weighted by molar-refractivity contribution is 0.320. The molecule has 1 aliphatic rings. The van der Waals surface area contributed by atoms with Crippen LogP contribution in [-0.2, 0) is 0 Å². The van der Waals surface area contributed by atoms with Crippen LogP contribution in [0.25, 0.3) is 5.70 Å². The smallest absolute Gasteiger partial charge is 0.226 e. The second-order valence-corrected chi connectivity index (χ2v) is 7.35. The summed E-state index contributed by atoms with van der Waals surface area (Å²) in [5.74, 6) is 2.43. The number of nitrogens with zero attached hydrogens (tertiary/aromatic N) is 3. The quantitative estimate of drug-likeness (QED) is 0.547. The first kappa shape index (κ1) is 18.6. The minimum atomic E-state index is -0.220. The number of halogens is 1. The first-order chi connectivity index (χ1) is 13.7. The Hall–Kier alpha value is -2.75. The molecule has 7 nitrogen and oxygen atoms in total. The monoisotopic (exact) mass is 490 g/mol. The lowest BCUT2D eigenvalue weighted by atomic mass is 10.00. The Balaban J connectivity index is 1.87. The van der Waals surface area contributed by atoms with Gasteiger partial charge in [0.25, 0.3) is 0 Å². The molecule has 0 unspecified atom stereocenters. The number of hydrogen-bond acceptors (Lipinski definition) is 6. The minimum Gasteiger partial charge on any atom is -0.493 e. The van der Waals surface area contributed by atoms with Crippen LogP contribution in [0.15, 0.2) is 48.8 Å². The Morgan fingerprint density at radius 3 is 2.39 bits per heavy atom. The normalized spacial score (nSPS) is 15.3. The Morgan fingerprint density at radius 2 is 1.71 bits per heavy atom. The predicted octanol–water partition coefficient (Wildman–Crippen LogP) is 3.96. The highest BCUT2D eigenvalue weighted by Gasteiger charge is 2.28. The largest absolute Gasteiger partial charge is 0.493 e. The molecule has 0 saturated carbocycles. The van der Waals surface area contributed by atoms with E-state index < -0.39 is 0 Å². The molecular weight excluding hydrogens is 471 g/mol. The van der Waals surface area contributed by atoms with Gasteiger partial charge in [0.15, 0.2) is 11.5 Å². The lowest BCUT2D eigenvalue weighted by Gasteiger charge is -2.26. The van der Waals surface area contributed by atoms with Gasteiger partial charge in [-0.25, -0.2) is 4.68 Å². The summed E-state index contributed by atoms with van der Waals surface area (Å²) in [5, 5.41) is 7.75. The molecule has 144 valence electrons. The summed E-state index contributed by atoms with van der Waals surface area (Å²) in [7, 11) is 4.82. The van der Waals surface area contributed by atoms with Crippen LogP contribution < -0.4 is 19.5 Å². The molecule has 0 bridgehead atoms. The average molecular weight is 490 g/mol. The predicted molar refractivity (Wildman–Crippen MR) is 115 cm³/mol. The molecule has 1 N–H and O–H groups in total. The number of anilines is 1. The van der Waals surface area contributed by atoms with Crippen molar-refractivity contribution in [3.8, 4) is 17.2 Å². The maximum Gasteiger partial charge on any atom is 0.226 e. The highest BCUT2D eigenvalue weighted by atomic mass is 127. The van der Waals surface area contributed by atoms with Gasteiger partial charge in [-0.2, -0.15) is 10.1 Å². The van der Waals surface area contributed by atoms with Gasteiger partial charge < -0.3 is 19.5 Å². The van der Waals surface area contributed by atoms with Gasteiger partial charge in [0.2, 0.25) is 11.7 Å². The third-order valence-corrected chi connectivity index (χ3v) is 5.34. The number of ether oxygens (including phenoxy) is 3. The van der Waals surface area contributed by atoms with Gasteiger partial charge in [0.1, 0.15) is 12.4 Å².